The third kappa shape index (κ3) is 3.30. The highest BCUT2D eigenvalue weighted by atomic mass is 32.1. The van der Waals surface area contributed by atoms with E-state index in [1.165, 1.54) is 11.3 Å². The molecule has 0 radical (unpaired) electrons. The van der Waals surface area contributed by atoms with Crippen LogP contribution in [0.4, 0.5) is 0 Å². The molecule has 0 unspecified atom stereocenters. The van der Waals surface area contributed by atoms with Crippen LogP contribution in [-0.4, -0.2) is 26.5 Å². The van der Waals surface area contributed by atoms with E-state index in [0.717, 1.165) is 41.7 Å². The van der Waals surface area contributed by atoms with Crippen LogP contribution in [0.15, 0.2) is 0 Å². The summed E-state index contributed by atoms with van der Waals surface area (Å²) in [5, 5.41) is 17.3. The van der Waals surface area contributed by atoms with E-state index in [-0.39, 0.29) is 0 Å². The van der Waals surface area contributed by atoms with Gasteiger partial charge in [-0.25, -0.2) is 0 Å². The molecule has 0 spiro atoms. The van der Waals surface area contributed by atoms with Crippen LogP contribution in [-0.2, 0) is 13.6 Å². The Balaban J connectivity index is 2.03. The van der Waals surface area contributed by atoms with Crippen LogP contribution in [0, 0.1) is 13.8 Å². The fourth-order valence-corrected chi connectivity index (χ4v) is 2.38. The summed E-state index contributed by atoms with van der Waals surface area (Å²) in [6.07, 6.45) is 1.11. The predicted molar refractivity (Wildman–Crippen MR) is 74.7 cm³/mol. The molecule has 0 saturated carbocycles. The molecule has 0 bridgehead atoms. The van der Waals surface area contributed by atoms with Gasteiger partial charge in [-0.3, -0.25) is 4.68 Å². The van der Waals surface area contributed by atoms with Crippen molar-refractivity contribution >= 4 is 11.3 Å². The average molecular weight is 281 g/mol. The first-order valence-corrected chi connectivity index (χ1v) is 7.14. The van der Waals surface area contributed by atoms with E-state index in [1.54, 1.807) is 4.68 Å². The Morgan fingerprint density at radius 1 is 1.32 bits per heavy atom. The molecule has 0 aliphatic rings. The van der Waals surface area contributed by atoms with Gasteiger partial charge >= 0.3 is 0 Å². The molecular weight excluding hydrogens is 262 g/mol. The van der Waals surface area contributed by atoms with Gasteiger partial charge in [0.15, 0.2) is 5.75 Å². The summed E-state index contributed by atoms with van der Waals surface area (Å²) in [5.74, 6) is 0.770. The first kappa shape index (κ1) is 14.0. The van der Waals surface area contributed by atoms with E-state index in [0.29, 0.717) is 5.19 Å². The van der Waals surface area contributed by atoms with Gasteiger partial charge in [0.25, 0.3) is 5.19 Å². The quantitative estimate of drug-likeness (QED) is 0.822. The Kier molecular flexibility index (Phi) is 4.49. The summed E-state index contributed by atoms with van der Waals surface area (Å²) in [7, 11) is 1.90. The van der Waals surface area contributed by atoms with Crippen molar-refractivity contribution < 1.29 is 4.74 Å². The fraction of sp³-hybridized carbons (Fsp3) is 0.583. The second kappa shape index (κ2) is 6.12. The number of aromatic nitrogens is 4. The maximum Gasteiger partial charge on any atom is 0.299 e. The van der Waals surface area contributed by atoms with Crippen molar-refractivity contribution in [1.82, 2.24) is 25.3 Å². The molecule has 7 heteroatoms. The van der Waals surface area contributed by atoms with Gasteiger partial charge in [0, 0.05) is 13.6 Å². The van der Waals surface area contributed by atoms with Gasteiger partial charge in [-0.2, -0.15) is 5.10 Å². The minimum atomic E-state index is 0.562. The smallest absolute Gasteiger partial charge is 0.299 e. The lowest BCUT2D eigenvalue weighted by Crippen LogP contribution is -2.13. The van der Waals surface area contributed by atoms with Gasteiger partial charge in [-0.15, -0.1) is 5.10 Å². The molecule has 0 aliphatic carbocycles. The standard InChI is InChI=1S/C12H19N5OS/c1-5-6-13-7-10-14-15-12(19-10)18-11-8(2)16-17(4)9(11)3/h13H,5-7H2,1-4H3. The SMILES string of the molecule is CCCNCc1nnc(Oc2c(C)nn(C)c2C)s1. The molecule has 0 saturated heterocycles. The fourth-order valence-electron chi connectivity index (χ4n) is 1.71. The molecule has 1 N–H and O–H groups in total. The van der Waals surface area contributed by atoms with Crippen molar-refractivity contribution in [2.75, 3.05) is 6.54 Å². The molecule has 2 aromatic rings. The maximum absolute atomic E-state index is 5.78. The molecule has 6 nitrogen and oxygen atoms in total. The van der Waals surface area contributed by atoms with Gasteiger partial charge in [0.05, 0.1) is 5.69 Å². The van der Waals surface area contributed by atoms with Crippen LogP contribution in [0.25, 0.3) is 0 Å². The van der Waals surface area contributed by atoms with Crippen molar-refractivity contribution in [2.45, 2.75) is 33.7 Å². The number of ether oxygens (including phenoxy) is 1. The zero-order chi connectivity index (χ0) is 13.8. The number of nitrogens with zero attached hydrogens (tertiary/aromatic N) is 4. The molecule has 0 aliphatic heterocycles. The highest BCUT2D eigenvalue weighted by Gasteiger charge is 2.14. The summed E-state index contributed by atoms with van der Waals surface area (Å²) in [5.41, 5.74) is 1.85. The number of rotatable bonds is 6. The van der Waals surface area contributed by atoms with Crippen molar-refractivity contribution in [3.05, 3.63) is 16.4 Å². The first-order chi connectivity index (χ1) is 9.11. The monoisotopic (exact) mass is 281 g/mol. The first-order valence-electron chi connectivity index (χ1n) is 6.33. The Bertz CT molecular complexity index is 548. The Labute approximate surface area is 116 Å². The minimum absolute atomic E-state index is 0.562. The summed E-state index contributed by atoms with van der Waals surface area (Å²) in [6.45, 7) is 7.75. The largest absolute Gasteiger partial charge is 0.426 e. The van der Waals surface area contributed by atoms with E-state index in [9.17, 15) is 0 Å². The van der Waals surface area contributed by atoms with Crippen molar-refractivity contribution in [2.24, 2.45) is 7.05 Å². The molecule has 2 aromatic heterocycles. The van der Waals surface area contributed by atoms with Crippen LogP contribution >= 0.6 is 11.3 Å². The Hall–Kier alpha value is -1.47. The van der Waals surface area contributed by atoms with Crippen LogP contribution in [0.5, 0.6) is 10.9 Å². The zero-order valence-electron chi connectivity index (χ0n) is 11.7. The number of hydrogen-bond acceptors (Lipinski definition) is 6. The lowest BCUT2D eigenvalue weighted by atomic mass is 10.3. The van der Waals surface area contributed by atoms with Crippen molar-refractivity contribution in [1.29, 1.82) is 0 Å². The normalized spacial score (nSPS) is 10.9. The molecule has 0 fully saturated rings. The van der Waals surface area contributed by atoms with E-state index in [1.807, 2.05) is 20.9 Å². The zero-order valence-corrected chi connectivity index (χ0v) is 12.5. The lowest BCUT2D eigenvalue weighted by Gasteiger charge is -2.00. The summed E-state index contributed by atoms with van der Waals surface area (Å²) < 4.78 is 7.58. The summed E-state index contributed by atoms with van der Waals surface area (Å²) in [6, 6.07) is 0. The number of hydrogen-bond donors (Lipinski definition) is 1. The number of nitrogens with one attached hydrogen (secondary N) is 1. The van der Waals surface area contributed by atoms with Crippen LogP contribution in [0.1, 0.15) is 29.7 Å². The van der Waals surface area contributed by atoms with Crippen LogP contribution in [0.3, 0.4) is 0 Å². The lowest BCUT2D eigenvalue weighted by molar-refractivity contribution is 0.465. The Morgan fingerprint density at radius 3 is 2.74 bits per heavy atom. The predicted octanol–water partition coefficient (Wildman–Crippen LogP) is 2.18. The second-order valence-electron chi connectivity index (χ2n) is 4.36. The minimum Gasteiger partial charge on any atom is -0.426 e. The second-order valence-corrected chi connectivity index (χ2v) is 5.39. The average Bonchev–Trinajstić information content (AvgIpc) is 2.91. The van der Waals surface area contributed by atoms with E-state index in [2.05, 4.69) is 27.5 Å². The van der Waals surface area contributed by atoms with Gasteiger partial charge in [-0.05, 0) is 26.8 Å². The molecule has 0 aromatic carbocycles. The number of aryl methyl sites for hydroxylation is 2. The van der Waals surface area contributed by atoms with Crippen LogP contribution < -0.4 is 10.1 Å². The van der Waals surface area contributed by atoms with Gasteiger partial charge in [0.1, 0.15) is 10.7 Å². The topological polar surface area (TPSA) is 64.9 Å². The molecule has 104 valence electrons. The van der Waals surface area contributed by atoms with E-state index < -0.39 is 0 Å². The van der Waals surface area contributed by atoms with Gasteiger partial charge in [0.2, 0.25) is 0 Å². The van der Waals surface area contributed by atoms with Crippen molar-refractivity contribution in [3.63, 3.8) is 0 Å². The molecule has 19 heavy (non-hydrogen) atoms. The highest BCUT2D eigenvalue weighted by molar-refractivity contribution is 7.13. The molecule has 2 heterocycles. The Morgan fingerprint density at radius 2 is 2.11 bits per heavy atom. The molecule has 0 amide bonds. The third-order valence-corrected chi connectivity index (χ3v) is 3.58. The summed E-state index contributed by atoms with van der Waals surface area (Å²) in [4.78, 5) is 0. The molecule has 0 atom stereocenters. The highest BCUT2D eigenvalue weighted by Crippen LogP contribution is 2.29. The van der Waals surface area contributed by atoms with Gasteiger partial charge in [-0.1, -0.05) is 23.4 Å². The maximum atomic E-state index is 5.78. The third-order valence-electron chi connectivity index (χ3n) is 2.78. The molecule has 2 rings (SSSR count). The van der Waals surface area contributed by atoms with Gasteiger partial charge < -0.3 is 10.1 Å². The summed E-state index contributed by atoms with van der Waals surface area (Å²) >= 11 is 1.46. The van der Waals surface area contributed by atoms with Crippen molar-refractivity contribution in [3.8, 4) is 10.9 Å². The van der Waals surface area contributed by atoms with E-state index in [4.69, 9.17) is 4.74 Å². The molecular formula is C12H19N5OS. The van der Waals surface area contributed by atoms with E-state index >= 15 is 0 Å². The van der Waals surface area contributed by atoms with Crippen LogP contribution in [0.2, 0.25) is 0 Å².